The number of nitrogens with zero attached hydrogens (tertiary/aromatic N) is 2. The summed E-state index contributed by atoms with van der Waals surface area (Å²) in [6.45, 7) is 1.33. The maximum absolute atomic E-state index is 11.0. The van der Waals surface area contributed by atoms with Crippen molar-refractivity contribution in [2.24, 2.45) is 0 Å². The predicted octanol–water partition coefficient (Wildman–Crippen LogP) is 0.0480. The average Bonchev–Trinajstić information content (AvgIpc) is 2.16. The third kappa shape index (κ3) is 1.85. The quantitative estimate of drug-likeness (QED) is 0.529. The first kappa shape index (κ1) is 10.1. The number of nitrogen functional groups attached to an aromatic ring is 1. The molecular weight excluding hydrogens is 186 g/mol. The molecule has 6 nitrogen and oxygen atoms in total. The Morgan fingerprint density at radius 2 is 2.14 bits per heavy atom. The van der Waals surface area contributed by atoms with Crippen LogP contribution in [-0.2, 0) is 4.74 Å². The minimum Gasteiger partial charge on any atom is -0.464 e. The third-order valence-electron chi connectivity index (χ3n) is 1.54. The summed E-state index contributed by atoms with van der Waals surface area (Å²) in [5.41, 5.74) is 5.44. The van der Waals surface area contributed by atoms with Crippen LogP contribution in [0.15, 0.2) is 6.20 Å². The summed E-state index contributed by atoms with van der Waals surface area (Å²) in [4.78, 5) is 29.3. The van der Waals surface area contributed by atoms with Crippen molar-refractivity contribution in [3.63, 3.8) is 0 Å². The SMILES string of the molecule is COC(=O)c1ncc(C(C)=O)nc1N. The van der Waals surface area contributed by atoms with Crippen LogP contribution in [0.1, 0.15) is 27.9 Å². The van der Waals surface area contributed by atoms with Gasteiger partial charge in [-0.1, -0.05) is 0 Å². The largest absolute Gasteiger partial charge is 0.464 e. The highest BCUT2D eigenvalue weighted by atomic mass is 16.5. The molecule has 0 aliphatic rings. The summed E-state index contributed by atoms with van der Waals surface area (Å²) in [5, 5.41) is 0. The number of esters is 1. The van der Waals surface area contributed by atoms with Crippen LogP contribution in [0.2, 0.25) is 0 Å². The molecule has 0 saturated carbocycles. The standard InChI is InChI=1S/C8H9N3O3/c1-4(12)5-3-10-6(7(9)11-5)8(13)14-2/h3H,1-2H3,(H2,9,11). The molecular formula is C8H9N3O3. The van der Waals surface area contributed by atoms with Gasteiger partial charge in [0.25, 0.3) is 0 Å². The van der Waals surface area contributed by atoms with Crippen LogP contribution in [-0.4, -0.2) is 28.8 Å². The van der Waals surface area contributed by atoms with Gasteiger partial charge in [-0.25, -0.2) is 14.8 Å². The first-order valence-electron chi connectivity index (χ1n) is 3.78. The number of hydrogen-bond acceptors (Lipinski definition) is 6. The van der Waals surface area contributed by atoms with E-state index in [1.54, 1.807) is 0 Å². The van der Waals surface area contributed by atoms with E-state index < -0.39 is 5.97 Å². The number of carbonyl (C=O) groups excluding carboxylic acids is 2. The molecule has 1 aromatic rings. The minimum atomic E-state index is -0.676. The van der Waals surface area contributed by atoms with Crippen LogP contribution >= 0.6 is 0 Å². The van der Waals surface area contributed by atoms with E-state index in [9.17, 15) is 9.59 Å². The molecule has 0 fully saturated rings. The zero-order chi connectivity index (χ0) is 10.7. The number of nitrogens with two attached hydrogens (primary N) is 1. The summed E-state index contributed by atoms with van der Waals surface area (Å²) in [7, 11) is 1.21. The van der Waals surface area contributed by atoms with E-state index in [2.05, 4.69) is 14.7 Å². The number of ether oxygens (including phenoxy) is 1. The fourth-order valence-electron chi connectivity index (χ4n) is 0.827. The second kappa shape index (κ2) is 3.82. The summed E-state index contributed by atoms with van der Waals surface area (Å²) < 4.78 is 4.41. The van der Waals surface area contributed by atoms with Gasteiger partial charge in [-0.15, -0.1) is 0 Å². The van der Waals surface area contributed by atoms with E-state index in [-0.39, 0.29) is 23.0 Å². The molecule has 14 heavy (non-hydrogen) atoms. The topological polar surface area (TPSA) is 95.2 Å². The number of hydrogen-bond donors (Lipinski definition) is 1. The van der Waals surface area contributed by atoms with Gasteiger partial charge < -0.3 is 10.5 Å². The Morgan fingerprint density at radius 3 is 2.57 bits per heavy atom. The van der Waals surface area contributed by atoms with E-state index in [1.165, 1.54) is 20.2 Å². The van der Waals surface area contributed by atoms with E-state index in [0.29, 0.717) is 0 Å². The van der Waals surface area contributed by atoms with Crippen molar-refractivity contribution >= 4 is 17.6 Å². The van der Waals surface area contributed by atoms with Gasteiger partial charge in [-0.05, 0) is 0 Å². The van der Waals surface area contributed by atoms with Gasteiger partial charge in [-0.3, -0.25) is 4.79 Å². The molecule has 1 heterocycles. The number of aromatic nitrogens is 2. The Morgan fingerprint density at radius 1 is 1.50 bits per heavy atom. The van der Waals surface area contributed by atoms with E-state index in [1.807, 2.05) is 0 Å². The van der Waals surface area contributed by atoms with Crippen molar-refractivity contribution < 1.29 is 14.3 Å². The fourth-order valence-corrected chi connectivity index (χ4v) is 0.827. The van der Waals surface area contributed by atoms with Crippen molar-refractivity contribution in [2.75, 3.05) is 12.8 Å². The Hall–Kier alpha value is -1.98. The molecule has 1 aromatic heterocycles. The molecule has 0 unspecified atom stereocenters. The highest BCUT2D eigenvalue weighted by Crippen LogP contribution is 2.07. The molecule has 0 bridgehead atoms. The van der Waals surface area contributed by atoms with Crippen molar-refractivity contribution in [3.05, 3.63) is 17.6 Å². The molecule has 0 atom stereocenters. The maximum atomic E-state index is 11.0. The second-order valence-electron chi connectivity index (χ2n) is 2.54. The van der Waals surface area contributed by atoms with Gasteiger partial charge in [0.15, 0.2) is 17.3 Å². The lowest BCUT2D eigenvalue weighted by Crippen LogP contribution is -2.12. The molecule has 74 valence electrons. The Bertz CT molecular complexity index is 389. The van der Waals surface area contributed by atoms with Crippen molar-refractivity contribution in [2.45, 2.75) is 6.92 Å². The molecule has 0 aliphatic carbocycles. The smallest absolute Gasteiger partial charge is 0.360 e. The highest BCUT2D eigenvalue weighted by Gasteiger charge is 2.14. The lowest BCUT2D eigenvalue weighted by atomic mass is 10.3. The number of anilines is 1. The van der Waals surface area contributed by atoms with E-state index in [4.69, 9.17) is 5.73 Å². The number of rotatable bonds is 2. The van der Waals surface area contributed by atoms with Gasteiger partial charge in [-0.2, -0.15) is 0 Å². The van der Waals surface area contributed by atoms with Crippen LogP contribution in [0.25, 0.3) is 0 Å². The molecule has 0 radical (unpaired) electrons. The third-order valence-corrected chi connectivity index (χ3v) is 1.54. The fraction of sp³-hybridized carbons (Fsp3) is 0.250. The summed E-state index contributed by atoms with van der Waals surface area (Å²) in [6.07, 6.45) is 1.19. The van der Waals surface area contributed by atoms with Gasteiger partial charge in [0, 0.05) is 6.92 Å². The molecule has 0 saturated heterocycles. The molecule has 0 aliphatic heterocycles. The summed E-state index contributed by atoms with van der Waals surface area (Å²) >= 11 is 0. The number of Topliss-reactive ketones (excluding diaryl/α,β-unsaturated/α-hetero) is 1. The summed E-state index contributed by atoms with van der Waals surface area (Å²) in [5.74, 6) is -1.05. The van der Waals surface area contributed by atoms with Gasteiger partial charge in [0.1, 0.15) is 5.69 Å². The van der Waals surface area contributed by atoms with Crippen LogP contribution in [0.5, 0.6) is 0 Å². The summed E-state index contributed by atoms with van der Waals surface area (Å²) in [6, 6.07) is 0. The lowest BCUT2D eigenvalue weighted by Gasteiger charge is -2.02. The number of ketones is 1. The van der Waals surface area contributed by atoms with Crippen LogP contribution in [0.4, 0.5) is 5.82 Å². The van der Waals surface area contributed by atoms with Crippen LogP contribution in [0, 0.1) is 0 Å². The minimum absolute atomic E-state index is 0.0856. The van der Waals surface area contributed by atoms with Crippen molar-refractivity contribution in [3.8, 4) is 0 Å². The number of methoxy groups -OCH3 is 1. The first-order chi connectivity index (χ1) is 6.56. The molecule has 0 amide bonds. The number of carbonyl (C=O) groups is 2. The molecule has 0 spiro atoms. The van der Waals surface area contributed by atoms with Crippen molar-refractivity contribution in [1.82, 2.24) is 9.97 Å². The zero-order valence-corrected chi connectivity index (χ0v) is 7.77. The second-order valence-corrected chi connectivity index (χ2v) is 2.54. The molecule has 1 rings (SSSR count). The average molecular weight is 195 g/mol. The first-order valence-corrected chi connectivity index (χ1v) is 3.78. The van der Waals surface area contributed by atoms with E-state index in [0.717, 1.165) is 0 Å². The predicted molar refractivity (Wildman–Crippen MR) is 47.8 cm³/mol. The van der Waals surface area contributed by atoms with Gasteiger partial charge in [0.05, 0.1) is 13.3 Å². The Balaban J connectivity index is 3.14. The van der Waals surface area contributed by atoms with Crippen LogP contribution < -0.4 is 5.73 Å². The monoisotopic (exact) mass is 195 g/mol. The Labute approximate surface area is 80.1 Å². The molecule has 0 aromatic carbocycles. The van der Waals surface area contributed by atoms with E-state index >= 15 is 0 Å². The maximum Gasteiger partial charge on any atom is 0.360 e. The Kier molecular flexibility index (Phi) is 2.76. The van der Waals surface area contributed by atoms with Gasteiger partial charge >= 0.3 is 5.97 Å². The lowest BCUT2D eigenvalue weighted by molar-refractivity contribution is 0.0594. The van der Waals surface area contributed by atoms with Gasteiger partial charge in [0.2, 0.25) is 0 Å². The normalized spacial score (nSPS) is 9.57. The highest BCUT2D eigenvalue weighted by molar-refractivity contribution is 5.95. The molecule has 6 heteroatoms. The van der Waals surface area contributed by atoms with Crippen molar-refractivity contribution in [1.29, 1.82) is 0 Å². The molecule has 2 N–H and O–H groups in total. The van der Waals surface area contributed by atoms with Crippen LogP contribution in [0.3, 0.4) is 0 Å². The zero-order valence-electron chi connectivity index (χ0n) is 7.77.